The Bertz CT molecular complexity index is 874. The van der Waals surface area contributed by atoms with Crippen LogP contribution in [0.4, 0.5) is 4.79 Å². The number of rotatable bonds is 6. The van der Waals surface area contributed by atoms with Crippen molar-refractivity contribution in [2.75, 3.05) is 7.05 Å². The van der Waals surface area contributed by atoms with Crippen LogP contribution >= 0.6 is 0 Å². The number of nitrogens with zero attached hydrogens (tertiary/aromatic N) is 2. The summed E-state index contributed by atoms with van der Waals surface area (Å²) in [7, 11) is 1.51. The standard InChI is InChI=1S/C20H24N4O4/c1-20(2,3)15-11-10-14(23-18(15)28-19(21)26)12-27-24-16(17(25)22-4)13-8-6-5-7-9-13/h5-11H,12H2,1-4H3,(H2,21,26)(H,22,25). The number of amides is 2. The summed E-state index contributed by atoms with van der Waals surface area (Å²) in [6, 6.07) is 12.5. The number of oxime groups is 1. The van der Waals surface area contributed by atoms with Gasteiger partial charge in [0, 0.05) is 18.2 Å². The molecule has 0 aliphatic rings. The Balaban J connectivity index is 2.24. The van der Waals surface area contributed by atoms with Gasteiger partial charge in [0.2, 0.25) is 5.88 Å². The van der Waals surface area contributed by atoms with Gasteiger partial charge in [-0.1, -0.05) is 62.3 Å². The smallest absolute Gasteiger partial charge is 0.391 e. The van der Waals surface area contributed by atoms with Crippen molar-refractivity contribution in [1.82, 2.24) is 10.3 Å². The van der Waals surface area contributed by atoms with Gasteiger partial charge in [0.05, 0.1) is 5.69 Å². The van der Waals surface area contributed by atoms with Crippen LogP contribution in [-0.4, -0.2) is 29.7 Å². The van der Waals surface area contributed by atoms with Gasteiger partial charge in [-0.25, -0.2) is 9.78 Å². The predicted molar refractivity (Wildman–Crippen MR) is 105 cm³/mol. The van der Waals surface area contributed by atoms with E-state index >= 15 is 0 Å². The molecular weight excluding hydrogens is 360 g/mol. The zero-order chi connectivity index (χ0) is 20.7. The lowest BCUT2D eigenvalue weighted by Gasteiger charge is -2.21. The average molecular weight is 384 g/mol. The van der Waals surface area contributed by atoms with E-state index in [1.807, 2.05) is 26.8 Å². The molecule has 0 saturated carbocycles. The first kappa shape index (κ1) is 20.9. The zero-order valence-corrected chi connectivity index (χ0v) is 16.4. The topological polar surface area (TPSA) is 116 Å². The summed E-state index contributed by atoms with van der Waals surface area (Å²) >= 11 is 0. The van der Waals surface area contributed by atoms with Crippen LogP contribution in [0, 0.1) is 0 Å². The Hall–Kier alpha value is -3.42. The van der Waals surface area contributed by atoms with Crippen molar-refractivity contribution in [3.63, 3.8) is 0 Å². The molecule has 0 aliphatic carbocycles. The van der Waals surface area contributed by atoms with Gasteiger partial charge >= 0.3 is 6.09 Å². The summed E-state index contributed by atoms with van der Waals surface area (Å²) in [6.07, 6.45) is -0.944. The van der Waals surface area contributed by atoms with E-state index in [1.54, 1.807) is 36.4 Å². The number of benzene rings is 1. The summed E-state index contributed by atoms with van der Waals surface area (Å²) in [4.78, 5) is 32.9. The summed E-state index contributed by atoms with van der Waals surface area (Å²) < 4.78 is 5.04. The van der Waals surface area contributed by atoms with Crippen LogP contribution in [0.5, 0.6) is 5.88 Å². The third kappa shape index (κ3) is 5.54. The van der Waals surface area contributed by atoms with E-state index in [0.29, 0.717) is 11.3 Å². The van der Waals surface area contributed by atoms with E-state index in [2.05, 4.69) is 15.5 Å². The molecule has 1 aromatic heterocycles. The maximum Gasteiger partial charge on any atom is 0.411 e. The fourth-order valence-electron chi connectivity index (χ4n) is 2.41. The lowest BCUT2D eigenvalue weighted by atomic mass is 9.87. The molecule has 0 bridgehead atoms. The number of hydrogen-bond donors (Lipinski definition) is 2. The number of carbonyl (C=O) groups excluding carboxylic acids is 2. The summed E-state index contributed by atoms with van der Waals surface area (Å²) in [5.41, 5.74) is 6.81. The number of likely N-dealkylation sites (N-methyl/N-ethyl adjacent to an activating group) is 1. The van der Waals surface area contributed by atoms with Crippen LogP contribution in [0.25, 0.3) is 0 Å². The normalized spacial score (nSPS) is 11.6. The average Bonchev–Trinajstić information content (AvgIpc) is 2.64. The molecule has 8 nitrogen and oxygen atoms in total. The van der Waals surface area contributed by atoms with Crippen LogP contribution in [-0.2, 0) is 21.7 Å². The first-order valence-corrected chi connectivity index (χ1v) is 8.67. The fourth-order valence-corrected chi connectivity index (χ4v) is 2.41. The van der Waals surface area contributed by atoms with Crippen molar-refractivity contribution in [2.24, 2.45) is 10.9 Å². The molecule has 148 valence electrons. The van der Waals surface area contributed by atoms with Crippen molar-refractivity contribution in [2.45, 2.75) is 32.8 Å². The molecule has 0 fully saturated rings. The Morgan fingerprint density at radius 1 is 1.14 bits per heavy atom. The van der Waals surface area contributed by atoms with Gasteiger partial charge < -0.3 is 20.6 Å². The Labute approximate surface area is 163 Å². The van der Waals surface area contributed by atoms with Crippen LogP contribution in [0.15, 0.2) is 47.6 Å². The minimum absolute atomic E-state index is 0.0210. The quantitative estimate of drug-likeness (QED) is 0.586. The van der Waals surface area contributed by atoms with Crippen molar-refractivity contribution in [3.8, 4) is 5.88 Å². The van der Waals surface area contributed by atoms with Crippen LogP contribution in [0.2, 0.25) is 0 Å². The number of pyridine rings is 1. The predicted octanol–water partition coefficient (Wildman–Crippen LogP) is 2.50. The number of hydrogen-bond acceptors (Lipinski definition) is 6. The van der Waals surface area contributed by atoms with Gasteiger partial charge in [0.25, 0.3) is 5.91 Å². The van der Waals surface area contributed by atoms with E-state index < -0.39 is 6.09 Å². The lowest BCUT2D eigenvalue weighted by molar-refractivity contribution is -0.114. The molecule has 0 radical (unpaired) electrons. The minimum atomic E-state index is -0.944. The van der Waals surface area contributed by atoms with E-state index in [0.717, 1.165) is 5.56 Å². The van der Waals surface area contributed by atoms with E-state index in [9.17, 15) is 9.59 Å². The van der Waals surface area contributed by atoms with Crippen LogP contribution < -0.4 is 15.8 Å². The molecule has 0 saturated heterocycles. The first-order valence-electron chi connectivity index (χ1n) is 8.67. The number of nitrogens with two attached hydrogens (primary N) is 1. The minimum Gasteiger partial charge on any atom is -0.391 e. The maximum absolute atomic E-state index is 12.1. The molecule has 1 heterocycles. The molecule has 3 N–H and O–H groups in total. The van der Waals surface area contributed by atoms with Crippen molar-refractivity contribution in [3.05, 3.63) is 59.3 Å². The Morgan fingerprint density at radius 2 is 1.82 bits per heavy atom. The van der Waals surface area contributed by atoms with Gasteiger partial charge in [0.1, 0.15) is 0 Å². The second-order valence-electron chi connectivity index (χ2n) is 6.98. The second-order valence-corrected chi connectivity index (χ2v) is 6.98. The number of nitrogens with one attached hydrogen (secondary N) is 1. The zero-order valence-electron chi connectivity index (χ0n) is 16.4. The summed E-state index contributed by atoms with van der Waals surface area (Å²) in [5, 5.41) is 6.48. The molecule has 0 atom stereocenters. The maximum atomic E-state index is 12.1. The van der Waals surface area contributed by atoms with Gasteiger partial charge in [-0.05, 0) is 11.5 Å². The molecule has 2 rings (SSSR count). The molecule has 1 aromatic carbocycles. The lowest BCUT2D eigenvalue weighted by Crippen LogP contribution is -2.28. The summed E-state index contributed by atoms with van der Waals surface area (Å²) in [5.74, 6) is -0.250. The van der Waals surface area contributed by atoms with Crippen LogP contribution in [0.1, 0.15) is 37.6 Å². The number of ether oxygens (including phenoxy) is 1. The Morgan fingerprint density at radius 3 is 2.39 bits per heavy atom. The molecule has 0 unspecified atom stereocenters. The number of carbonyl (C=O) groups is 2. The van der Waals surface area contributed by atoms with E-state index in [1.165, 1.54) is 7.05 Å². The Kier molecular flexibility index (Phi) is 6.70. The monoisotopic (exact) mass is 384 g/mol. The highest BCUT2D eigenvalue weighted by molar-refractivity contribution is 6.45. The molecule has 28 heavy (non-hydrogen) atoms. The number of primary amides is 1. The van der Waals surface area contributed by atoms with Gasteiger partial charge in [-0.15, -0.1) is 0 Å². The largest absolute Gasteiger partial charge is 0.411 e. The molecule has 2 amide bonds. The highest BCUT2D eigenvalue weighted by Crippen LogP contribution is 2.30. The van der Waals surface area contributed by atoms with Gasteiger partial charge in [0.15, 0.2) is 12.3 Å². The third-order valence-corrected chi connectivity index (χ3v) is 3.78. The fraction of sp³-hybridized carbons (Fsp3) is 0.300. The molecular formula is C20H24N4O4. The van der Waals surface area contributed by atoms with Gasteiger partial charge in [-0.3, -0.25) is 4.79 Å². The van der Waals surface area contributed by atoms with Crippen LogP contribution in [0.3, 0.4) is 0 Å². The molecule has 0 spiro atoms. The highest BCUT2D eigenvalue weighted by Gasteiger charge is 2.22. The molecule has 2 aromatic rings. The first-order chi connectivity index (χ1) is 13.2. The van der Waals surface area contributed by atoms with E-state index in [-0.39, 0.29) is 29.5 Å². The van der Waals surface area contributed by atoms with Crippen molar-refractivity contribution in [1.29, 1.82) is 0 Å². The van der Waals surface area contributed by atoms with Crippen molar-refractivity contribution < 1.29 is 19.2 Å². The molecule has 0 aliphatic heterocycles. The van der Waals surface area contributed by atoms with E-state index in [4.69, 9.17) is 15.3 Å². The highest BCUT2D eigenvalue weighted by atomic mass is 16.6. The molecule has 8 heteroatoms. The summed E-state index contributed by atoms with van der Waals surface area (Å²) in [6.45, 7) is 5.88. The number of aromatic nitrogens is 1. The third-order valence-electron chi connectivity index (χ3n) is 3.78. The van der Waals surface area contributed by atoms with Gasteiger partial charge in [-0.2, -0.15) is 0 Å². The SMILES string of the molecule is CNC(=O)C(=NOCc1ccc(C(C)(C)C)c(OC(N)=O)n1)c1ccccc1. The van der Waals surface area contributed by atoms with Crippen molar-refractivity contribution >= 4 is 17.7 Å². The second kappa shape index (κ2) is 8.98.